The van der Waals surface area contributed by atoms with E-state index in [4.69, 9.17) is 14.2 Å². The molecule has 0 bridgehead atoms. The highest BCUT2D eigenvalue weighted by Gasteiger charge is 2.52. The number of carbonyl (C=O) groups is 1. The number of rotatable bonds is 6. The first-order valence-electron chi connectivity index (χ1n) is 10.2. The predicted octanol–water partition coefficient (Wildman–Crippen LogP) is 3.75. The Hall–Kier alpha value is -3.15. The van der Waals surface area contributed by atoms with Gasteiger partial charge in [-0.25, -0.2) is 0 Å². The normalized spacial score (nSPS) is 22.4. The molecule has 2 aromatic rings. The molecule has 1 saturated heterocycles. The molecule has 1 amide bonds. The third-order valence-corrected chi connectivity index (χ3v) is 6.97. The van der Waals surface area contributed by atoms with Crippen molar-refractivity contribution in [2.75, 3.05) is 26.6 Å². The Labute approximate surface area is 191 Å². The Morgan fingerprint density at radius 1 is 1.19 bits per heavy atom. The van der Waals surface area contributed by atoms with Crippen molar-refractivity contribution in [2.24, 2.45) is 0 Å². The van der Waals surface area contributed by atoms with E-state index in [1.54, 1.807) is 56.7 Å². The van der Waals surface area contributed by atoms with Gasteiger partial charge in [0, 0.05) is 23.5 Å². The van der Waals surface area contributed by atoms with E-state index in [0.29, 0.717) is 45.6 Å². The van der Waals surface area contributed by atoms with E-state index in [1.165, 1.54) is 16.7 Å². The van der Waals surface area contributed by atoms with Crippen LogP contribution in [0, 0.1) is 11.3 Å². The quantitative estimate of drug-likeness (QED) is 0.714. The van der Waals surface area contributed by atoms with E-state index in [9.17, 15) is 15.2 Å². The number of ether oxygens (including phenoxy) is 3. The number of carbonyl (C=O) groups excluding carboxylic acids is 1. The van der Waals surface area contributed by atoms with Gasteiger partial charge in [-0.1, -0.05) is 12.1 Å². The maximum atomic E-state index is 13.3. The van der Waals surface area contributed by atoms with Gasteiger partial charge in [-0.2, -0.15) is 5.26 Å². The molecule has 2 aliphatic rings. The standard InChI is InChI=1S/C24H24N2O5S/c1-4-31-16-7-5-15(6-8-16)24(28)14-32-23-20(13-25)18(12-22(27)26(23)24)19-11-17(29-2)9-10-21(19)30-3/h5-11,18,28H,4,12,14H2,1-3H3/t18-,24+/m1/s1. The molecule has 32 heavy (non-hydrogen) atoms. The minimum atomic E-state index is -1.53. The summed E-state index contributed by atoms with van der Waals surface area (Å²) in [5, 5.41) is 22.1. The van der Waals surface area contributed by atoms with E-state index < -0.39 is 11.6 Å². The Kier molecular flexibility index (Phi) is 6.04. The fraction of sp³-hybridized carbons (Fsp3) is 0.333. The number of allylic oxidation sites excluding steroid dienone is 1. The lowest BCUT2D eigenvalue weighted by atomic mass is 9.84. The van der Waals surface area contributed by atoms with Crippen molar-refractivity contribution >= 4 is 17.7 Å². The van der Waals surface area contributed by atoms with Crippen LogP contribution in [-0.4, -0.2) is 42.5 Å². The molecule has 0 unspecified atom stereocenters. The molecule has 0 saturated carbocycles. The van der Waals surface area contributed by atoms with Crippen LogP contribution in [0.15, 0.2) is 53.1 Å². The smallest absolute Gasteiger partial charge is 0.231 e. The number of nitriles is 1. The van der Waals surface area contributed by atoms with Crippen molar-refractivity contribution < 1.29 is 24.1 Å². The number of amides is 1. The molecule has 0 radical (unpaired) electrons. The van der Waals surface area contributed by atoms with Crippen molar-refractivity contribution in [1.82, 2.24) is 4.90 Å². The summed E-state index contributed by atoms with van der Waals surface area (Å²) in [5.74, 6) is 1.37. The monoisotopic (exact) mass is 452 g/mol. The zero-order valence-electron chi connectivity index (χ0n) is 18.1. The molecule has 2 aliphatic heterocycles. The van der Waals surface area contributed by atoms with Crippen molar-refractivity contribution in [1.29, 1.82) is 5.26 Å². The van der Waals surface area contributed by atoms with E-state index in [0.717, 1.165) is 0 Å². The number of methoxy groups -OCH3 is 2. The summed E-state index contributed by atoms with van der Waals surface area (Å²) in [6.07, 6.45) is 0.0375. The second-order valence-corrected chi connectivity index (χ2v) is 8.45. The molecule has 0 spiro atoms. The van der Waals surface area contributed by atoms with Crippen LogP contribution in [0.5, 0.6) is 17.2 Å². The summed E-state index contributed by atoms with van der Waals surface area (Å²) in [4.78, 5) is 14.7. The Balaban J connectivity index is 1.77. The average molecular weight is 453 g/mol. The molecule has 1 N–H and O–H groups in total. The van der Waals surface area contributed by atoms with Crippen LogP contribution >= 0.6 is 11.8 Å². The van der Waals surface area contributed by atoms with Gasteiger partial charge in [0.1, 0.15) is 17.2 Å². The van der Waals surface area contributed by atoms with Crippen LogP contribution in [0.1, 0.15) is 30.4 Å². The summed E-state index contributed by atoms with van der Waals surface area (Å²) in [7, 11) is 3.11. The molecule has 0 aromatic heterocycles. The van der Waals surface area contributed by atoms with Crippen LogP contribution in [-0.2, 0) is 10.5 Å². The maximum absolute atomic E-state index is 13.3. The van der Waals surface area contributed by atoms with Crippen molar-refractivity contribution in [3.05, 3.63) is 64.2 Å². The van der Waals surface area contributed by atoms with Crippen LogP contribution in [0.4, 0.5) is 0 Å². The van der Waals surface area contributed by atoms with Crippen molar-refractivity contribution in [2.45, 2.75) is 25.0 Å². The van der Waals surface area contributed by atoms with E-state index >= 15 is 0 Å². The summed E-state index contributed by atoms with van der Waals surface area (Å²) in [6, 6.07) is 14.7. The number of benzene rings is 2. The number of nitrogens with zero attached hydrogens (tertiary/aromatic N) is 2. The van der Waals surface area contributed by atoms with Crippen molar-refractivity contribution in [3.8, 4) is 23.3 Å². The maximum Gasteiger partial charge on any atom is 0.231 e. The fourth-order valence-corrected chi connectivity index (χ4v) is 5.56. The van der Waals surface area contributed by atoms with E-state index in [-0.39, 0.29) is 18.1 Å². The molecule has 7 nitrogen and oxygen atoms in total. The number of thioether (sulfide) groups is 1. The lowest BCUT2D eigenvalue weighted by molar-refractivity contribution is -0.149. The topological polar surface area (TPSA) is 92.0 Å². The van der Waals surface area contributed by atoms with Gasteiger partial charge in [0.05, 0.1) is 43.3 Å². The molecular formula is C24H24N2O5S. The molecule has 8 heteroatoms. The molecule has 2 atom stereocenters. The molecule has 1 fully saturated rings. The van der Waals surface area contributed by atoms with Gasteiger partial charge in [-0.15, -0.1) is 11.8 Å². The van der Waals surface area contributed by atoms with Crippen LogP contribution < -0.4 is 14.2 Å². The van der Waals surface area contributed by atoms with Gasteiger partial charge in [-0.05, 0) is 37.3 Å². The second-order valence-electron chi connectivity index (χ2n) is 7.49. The van der Waals surface area contributed by atoms with Gasteiger partial charge in [-0.3, -0.25) is 9.69 Å². The Morgan fingerprint density at radius 3 is 2.53 bits per heavy atom. The third kappa shape index (κ3) is 3.57. The van der Waals surface area contributed by atoms with Crippen molar-refractivity contribution in [3.63, 3.8) is 0 Å². The van der Waals surface area contributed by atoms with Gasteiger partial charge >= 0.3 is 0 Å². The molecule has 2 heterocycles. The Morgan fingerprint density at radius 2 is 1.91 bits per heavy atom. The molecule has 2 aromatic carbocycles. The zero-order chi connectivity index (χ0) is 22.9. The fourth-order valence-electron chi connectivity index (χ4n) is 4.20. The highest BCUT2D eigenvalue weighted by molar-refractivity contribution is 8.03. The SMILES string of the molecule is CCOc1ccc([C@@]2(O)CSC3=C(C#N)[C@@H](c4cc(OC)ccc4OC)CC(=O)N32)cc1. The molecule has 0 aliphatic carbocycles. The van der Waals surface area contributed by atoms with Gasteiger partial charge in [0.15, 0.2) is 5.72 Å². The van der Waals surface area contributed by atoms with Gasteiger partial charge in [0.2, 0.25) is 5.91 Å². The number of hydrogen-bond acceptors (Lipinski definition) is 7. The zero-order valence-corrected chi connectivity index (χ0v) is 18.9. The minimum Gasteiger partial charge on any atom is -0.497 e. The minimum absolute atomic E-state index is 0.0375. The second kappa shape index (κ2) is 8.77. The van der Waals surface area contributed by atoms with Crippen LogP contribution in [0.2, 0.25) is 0 Å². The largest absolute Gasteiger partial charge is 0.497 e. The lowest BCUT2D eigenvalue weighted by Gasteiger charge is -2.38. The van der Waals surface area contributed by atoms with Gasteiger partial charge < -0.3 is 19.3 Å². The first-order chi connectivity index (χ1) is 15.5. The summed E-state index contributed by atoms with van der Waals surface area (Å²) < 4.78 is 16.3. The van der Waals surface area contributed by atoms with Crippen LogP contribution in [0.3, 0.4) is 0 Å². The first-order valence-corrected chi connectivity index (χ1v) is 11.2. The number of fused-ring (bicyclic) bond motifs is 1. The lowest BCUT2D eigenvalue weighted by Crippen LogP contribution is -2.48. The summed E-state index contributed by atoms with van der Waals surface area (Å²) >= 11 is 1.31. The molecular weight excluding hydrogens is 428 g/mol. The van der Waals surface area contributed by atoms with E-state index in [2.05, 4.69) is 6.07 Å². The molecule has 4 rings (SSSR count). The average Bonchev–Trinajstić information content (AvgIpc) is 3.18. The first kappa shape index (κ1) is 22.1. The van der Waals surface area contributed by atoms with E-state index in [1.807, 2.05) is 6.92 Å². The van der Waals surface area contributed by atoms with Crippen LogP contribution in [0.25, 0.3) is 0 Å². The van der Waals surface area contributed by atoms with Gasteiger partial charge in [0.25, 0.3) is 0 Å². The summed E-state index contributed by atoms with van der Waals surface area (Å²) in [6.45, 7) is 2.44. The predicted molar refractivity (Wildman–Crippen MR) is 120 cm³/mol. The summed E-state index contributed by atoms with van der Waals surface area (Å²) in [5.41, 5.74) is 0.184. The third-order valence-electron chi connectivity index (χ3n) is 5.75. The number of hydrogen-bond donors (Lipinski definition) is 1. The molecule has 166 valence electrons. The number of aliphatic hydroxyl groups is 1. The Bertz CT molecular complexity index is 1110. The highest BCUT2D eigenvalue weighted by atomic mass is 32.2. The highest BCUT2D eigenvalue weighted by Crippen LogP contribution is 2.52.